The Hall–Kier alpha value is -2.28. The number of carbonyl (C=O) groups excluding carboxylic acids is 1. The fourth-order valence-electron chi connectivity index (χ4n) is 1.76. The Balaban J connectivity index is 2.31. The van der Waals surface area contributed by atoms with Crippen LogP contribution in [0.25, 0.3) is 0 Å². The van der Waals surface area contributed by atoms with Crippen molar-refractivity contribution in [2.24, 2.45) is 0 Å². The molecular weight excluding hydrogens is 283 g/mol. The molecule has 5 nitrogen and oxygen atoms in total. The van der Waals surface area contributed by atoms with E-state index >= 15 is 0 Å². The van der Waals surface area contributed by atoms with E-state index in [0.29, 0.717) is 11.3 Å². The van der Waals surface area contributed by atoms with Gasteiger partial charge in [-0.2, -0.15) is 4.37 Å². The predicted octanol–water partition coefficient (Wildman–Crippen LogP) is 2.85. The fourth-order valence-corrected chi connectivity index (χ4v) is 2.54. The largest absolute Gasteiger partial charge is 0.478 e. The van der Waals surface area contributed by atoms with Crippen molar-refractivity contribution in [2.45, 2.75) is 13.8 Å². The van der Waals surface area contributed by atoms with E-state index in [0.717, 1.165) is 11.5 Å². The molecule has 0 bridgehead atoms. The van der Waals surface area contributed by atoms with Crippen molar-refractivity contribution in [3.63, 3.8) is 0 Å². The number of halogens is 1. The number of benzene rings is 1. The number of aromatic carboxylic acids is 1. The van der Waals surface area contributed by atoms with Gasteiger partial charge in [-0.3, -0.25) is 4.79 Å². The Labute approximate surface area is 118 Å². The van der Waals surface area contributed by atoms with Gasteiger partial charge in [0.15, 0.2) is 0 Å². The lowest BCUT2D eigenvalue weighted by Crippen LogP contribution is -2.15. The number of hydrogen-bond donors (Lipinski definition) is 2. The highest BCUT2D eigenvalue weighted by Gasteiger charge is 2.20. The van der Waals surface area contributed by atoms with Crippen LogP contribution in [-0.2, 0) is 0 Å². The minimum absolute atomic E-state index is 0.0249. The molecule has 0 radical (unpaired) electrons. The number of rotatable bonds is 3. The van der Waals surface area contributed by atoms with Crippen LogP contribution in [-0.4, -0.2) is 21.4 Å². The normalized spacial score (nSPS) is 10.3. The first-order chi connectivity index (χ1) is 9.40. The molecule has 104 valence electrons. The van der Waals surface area contributed by atoms with E-state index in [1.54, 1.807) is 13.8 Å². The Kier molecular flexibility index (Phi) is 3.80. The van der Waals surface area contributed by atoms with Gasteiger partial charge in [0.25, 0.3) is 5.91 Å². The van der Waals surface area contributed by atoms with Gasteiger partial charge in [-0.25, -0.2) is 9.18 Å². The number of carboxylic acid groups (broad SMARTS) is 1. The second-order valence-electron chi connectivity index (χ2n) is 4.19. The van der Waals surface area contributed by atoms with Gasteiger partial charge in [0.2, 0.25) is 0 Å². The second-order valence-corrected chi connectivity index (χ2v) is 4.96. The second kappa shape index (κ2) is 5.38. The van der Waals surface area contributed by atoms with Crippen LogP contribution in [0.2, 0.25) is 0 Å². The van der Waals surface area contributed by atoms with Gasteiger partial charge in [-0.05, 0) is 49.1 Å². The van der Waals surface area contributed by atoms with Crippen molar-refractivity contribution in [3.05, 3.63) is 46.4 Å². The fraction of sp³-hybridized carbons (Fsp3) is 0.154. The van der Waals surface area contributed by atoms with Gasteiger partial charge in [-0.15, -0.1) is 0 Å². The standard InChI is InChI=1S/C13H11FN2O3S/c1-6-5-8(14)3-4-9(6)11(17)15-12-10(13(18)19)7(2)16-20-12/h3-5H,1-2H3,(H,15,17)(H,18,19). The number of aryl methyl sites for hydroxylation is 2. The first-order valence-corrected chi connectivity index (χ1v) is 6.44. The number of nitrogens with zero attached hydrogens (tertiary/aromatic N) is 1. The number of amides is 1. The van der Waals surface area contributed by atoms with Gasteiger partial charge in [0.1, 0.15) is 16.4 Å². The Bertz CT molecular complexity index is 697. The van der Waals surface area contributed by atoms with Crippen LogP contribution in [0.5, 0.6) is 0 Å². The third-order valence-electron chi connectivity index (χ3n) is 2.74. The molecule has 0 aliphatic heterocycles. The molecule has 2 N–H and O–H groups in total. The maximum absolute atomic E-state index is 13.0. The molecule has 0 aliphatic rings. The van der Waals surface area contributed by atoms with Crippen molar-refractivity contribution in [1.29, 1.82) is 0 Å². The lowest BCUT2D eigenvalue weighted by atomic mass is 10.1. The third-order valence-corrected chi connectivity index (χ3v) is 3.59. The zero-order valence-corrected chi connectivity index (χ0v) is 11.5. The van der Waals surface area contributed by atoms with Crippen molar-refractivity contribution >= 4 is 28.4 Å². The maximum Gasteiger partial charge on any atom is 0.340 e. The van der Waals surface area contributed by atoms with Gasteiger partial charge < -0.3 is 10.4 Å². The van der Waals surface area contributed by atoms with Crippen molar-refractivity contribution in [2.75, 3.05) is 5.32 Å². The molecule has 2 rings (SSSR count). The quantitative estimate of drug-likeness (QED) is 0.912. The highest BCUT2D eigenvalue weighted by Crippen LogP contribution is 2.25. The molecule has 0 aliphatic carbocycles. The van der Waals surface area contributed by atoms with Crippen molar-refractivity contribution < 1.29 is 19.1 Å². The van der Waals surface area contributed by atoms with E-state index in [1.165, 1.54) is 18.2 Å². The van der Waals surface area contributed by atoms with E-state index in [2.05, 4.69) is 9.69 Å². The average Bonchev–Trinajstić information content (AvgIpc) is 2.70. The van der Waals surface area contributed by atoms with Crippen LogP contribution in [0.4, 0.5) is 9.39 Å². The summed E-state index contributed by atoms with van der Waals surface area (Å²) in [6, 6.07) is 3.78. The molecule has 1 aromatic heterocycles. The number of hydrogen-bond acceptors (Lipinski definition) is 4. The van der Waals surface area contributed by atoms with Gasteiger partial charge in [0, 0.05) is 5.56 Å². The number of aromatic nitrogens is 1. The molecule has 0 atom stereocenters. The molecule has 1 amide bonds. The molecule has 1 heterocycles. The number of nitrogens with one attached hydrogen (secondary N) is 1. The number of anilines is 1. The summed E-state index contributed by atoms with van der Waals surface area (Å²) in [7, 11) is 0. The van der Waals surface area contributed by atoms with Crippen molar-refractivity contribution in [3.8, 4) is 0 Å². The molecule has 1 aromatic carbocycles. The monoisotopic (exact) mass is 294 g/mol. The Morgan fingerprint density at radius 1 is 1.35 bits per heavy atom. The SMILES string of the molecule is Cc1cc(F)ccc1C(=O)Nc1snc(C)c1C(=O)O. The summed E-state index contributed by atoms with van der Waals surface area (Å²) in [4.78, 5) is 23.2. The van der Waals surface area contributed by atoms with Crippen molar-refractivity contribution in [1.82, 2.24) is 4.37 Å². The Morgan fingerprint density at radius 2 is 2.05 bits per heavy atom. The molecule has 0 fully saturated rings. The van der Waals surface area contributed by atoms with Crippen LogP contribution in [0.3, 0.4) is 0 Å². The molecule has 0 spiro atoms. The molecule has 0 saturated carbocycles. The van der Waals surface area contributed by atoms with E-state index in [9.17, 15) is 14.0 Å². The molecule has 7 heteroatoms. The highest BCUT2D eigenvalue weighted by atomic mass is 32.1. The summed E-state index contributed by atoms with van der Waals surface area (Å²) in [6.07, 6.45) is 0. The van der Waals surface area contributed by atoms with Gasteiger partial charge in [0.05, 0.1) is 5.69 Å². The zero-order valence-electron chi connectivity index (χ0n) is 10.7. The van der Waals surface area contributed by atoms with Crippen LogP contribution < -0.4 is 5.32 Å². The van der Waals surface area contributed by atoms with E-state index < -0.39 is 17.7 Å². The average molecular weight is 294 g/mol. The molecular formula is C13H11FN2O3S. The summed E-state index contributed by atoms with van der Waals surface area (Å²) in [5.74, 6) is -2.07. The van der Waals surface area contributed by atoms with Crippen LogP contribution in [0.1, 0.15) is 32.0 Å². The zero-order chi connectivity index (χ0) is 14.9. The van der Waals surface area contributed by atoms with E-state index in [4.69, 9.17) is 5.11 Å². The minimum Gasteiger partial charge on any atom is -0.478 e. The summed E-state index contributed by atoms with van der Waals surface area (Å²) in [6.45, 7) is 3.16. The van der Waals surface area contributed by atoms with Crippen LogP contribution in [0.15, 0.2) is 18.2 Å². The minimum atomic E-state index is -1.15. The number of carbonyl (C=O) groups is 2. The maximum atomic E-state index is 13.0. The highest BCUT2D eigenvalue weighted by molar-refractivity contribution is 7.11. The third kappa shape index (κ3) is 2.67. The predicted molar refractivity (Wildman–Crippen MR) is 72.9 cm³/mol. The smallest absolute Gasteiger partial charge is 0.340 e. The van der Waals surface area contributed by atoms with E-state index in [-0.39, 0.29) is 16.1 Å². The molecule has 0 unspecified atom stereocenters. The lowest BCUT2D eigenvalue weighted by Gasteiger charge is -2.06. The summed E-state index contributed by atoms with van der Waals surface area (Å²) < 4.78 is 16.9. The lowest BCUT2D eigenvalue weighted by molar-refractivity contribution is 0.0697. The first-order valence-electron chi connectivity index (χ1n) is 5.67. The first kappa shape index (κ1) is 14.1. The summed E-state index contributed by atoms with van der Waals surface area (Å²) in [5, 5.41) is 11.7. The van der Waals surface area contributed by atoms with Gasteiger partial charge in [-0.1, -0.05) is 0 Å². The molecule has 2 aromatic rings. The van der Waals surface area contributed by atoms with Gasteiger partial charge >= 0.3 is 5.97 Å². The molecule has 0 saturated heterocycles. The van der Waals surface area contributed by atoms with Crippen LogP contribution >= 0.6 is 11.5 Å². The Morgan fingerprint density at radius 3 is 2.65 bits per heavy atom. The summed E-state index contributed by atoms with van der Waals surface area (Å²) in [5.41, 5.74) is 1.08. The van der Waals surface area contributed by atoms with Crippen LogP contribution in [0, 0.1) is 19.7 Å². The molecule has 20 heavy (non-hydrogen) atoms. The van der Waals surface area contributed by atoms with E-state index in [1.807, 2.05) is 0 Å². The summed E-state index contributed by atoms with van der Waals surface area (Å²) >= 11 is 0.900. The topological polar surface area (TPSA) is 79.3 Å². The number of carboxylic acids is 1.